The maximum Gasteiger partial charge on any atom is 0.241 e. The van der Waals surface area contributed by atoms with Crippen LogP contribution in [-0.4, -0.2) is 44.5 Å². The molecule has 0 saturated carbocycles. The third-order valence-electron chi connectivity index (χ3n) is 3.15. The van der Waals surface area contributed by atoms with Crippen molar-refractivity contribution in [3.8, 4) is 0 Å². The molecular weight excluding hydrogens is 290 g/mol. The number of rotatable bonds is 8. The van der Waals surface area contributed by atoms with Gasteiger partial charge >= 0.3 is 0 Å². The molecule has 0 bridgehead atoms. The Bertz CT molecular complexity index is 546. The zero-order valence-corrected chi connectivity index (χ0v) is 13.3. The van der Waals surface area contributed by atoms with Crippen LogP contribution >= 0.6 is 0 Å². The number of carbonyl (C=O) groups excluding carboxylic acids is 1. The number of nitrogens with two attached hydrogens (primary N) is 1. The average Bonchev–Trinajstić information content (AvgIpc) is 2.45. The molecule has 0 aliphatic heterocycles. The summed E-state index contributed by atoms with van der Waals surface area (Å²) in [6, 6.07) is 8.41. The van der Waals surface area contributed by atoms with E-state index >= 15 is 0 Å². The number of carbonyl (C=O) groups is 1. The van der Waals surface area contributed by atoms with Crippen LogP contribution in [0.1, 0.15) is 24.9 Å². The summed E-state index contributed by atoms with van der Waals surface area (Å²) in [6.45, 7) is 2.99. The summed E-state index contributed by atoms with van der Waals surface area (Å²) in [4.78, 5) is 11.9. The molecule has 1 atom stereocenters. The predicted molar refractivity (Wildman–Crippen MR) is 83.1 cm³/mol. The van der Waals surface area contributed by atoms with Crippen molar-refractivity contribution in [3.05, 3.63) is 35.9 Å². The van der Waals surface area contributed by atoms with Crippen LogP contribution in [-0.2, 0) is 14.8 Å². The van der Waals surface area contributed by atoms with Crippen molar-refractivity contribution in [1.29, 1.82) is 0 Å². The van der Waals surface area contributed by atoms with E-state index in [1.54, 1.807) is 19.1 Å². The molecule has 1 aromatic carbocycles. The van der Waals surface area contributed by atoms with Gasteiger partial charge in [-0.15, -0.1) is 0 Å². The standard InChI is InChI=1S/C14H23N3O3S/c1-3-17(21(2,19)20)11-7-10-16-14(18)13(15)12-8-5-4-6-9-12/h4-6,8-9,13H,3,7,10-11,15H2,1-2H3,(H,16,18). The van der Waals surface area contributed by atoms with Gasteiger partial charge in [0.2, 0.25) is 15.9 Å². The molecule has 3 N–H and O–H groups in total. The maximum absolute atomic E-state index is 11.9. The lowest BCUT2D eigenvalue weighted by Crippen LogP contribution is -2.37. The number of nitrogens with one attached hydrogen (secondary N) is 1. The van der Waals surface area contributed by atoms with E-state index in [9.17, 15) is 13.2 Å². The third-order valence-corrected chi connectivity index (χ3v) is 4.53. The van der Waals surface area contributed by atoms with Crippen LogP contribution in [0.4, 0.5) is 0 Å². The summed E-state index contributed by atoms with van der Waals surface area (Å²) in [5, 5.41) is 2.73. The van der Waals surface area contributed by atoms with Crippen LogP contribution in [0.25, 0.3) is 0 Å². The smallest absolute Gasteiger partial charge is 0.241 e. The second-order valence-corrected chi connectivity index (χ2v) is 6.77. The van der Waals surface area contributed by atoms with Crippen molar-refractivity contribution in [2.75, 3.05) is 25.9 Å². The first-order chi connectivity index (χ1) is 9.86. The Hall–Kier alpha value is -1.44. The molecule has 7 heteroatoms. The highest BCUT2D eigenvalue weighted by Gasteiger charge is 2.16. The molecule has 0 aromatic heterocycles. The van der Waals surface area contributed by atoms with Crippen molar-refractivity contribution in [3.63, 3.8) is 0 Å². The second-order valence-electron chi connectivity index (χ2n) is 4.79. The molecule has 1 amide bonds. The summed E-state index contributed by atoms with van der Waals surface area (Å²) in [7, 11) is -3.18. The Balaban J connectivity index is 2.37. The first-order valence-electron chi connectivity index (χ1n) is 6.89. The molecule has 0 spiro atoms. The van der Waals surface area contributed by atoms with Gasteiger partial charge in [0.15, 0.2) is 0 Å². The predicted octanol–water partition coefficient (Wildman–Crippen LogP) is 0.474. The van der Waals surface area contributed by atoms with Gasteiger partial charge in [0, 0.05) is 19.6 Å². The minimum absolute atomic E-state index is 0.261. The second kappa shape index (κ2) is 8.11. The zero-order valence-electron chi connectivity index (χ0n) is 12.5. The van der Waals surface area contributed by atoms with Crippen LogP contribution in [0.15, 0.2) is 30.3 Å². The van der Waals surface area contributed by atoms with Crippen molar-refractivity contribution < 1.29 is 13.2 Å². The summed E-state index contributed by atoms with van der Waals surface area (Å²) in [6.07, 6.45) is 1.73. The topological polar surface area (TPSA) is 92.5 Å². The highest BCUT2D eigenvalue weighted by Crippen LogP contribution is 2.09. The summed E-state index contributed by atoms with van der Waals surface area (Å²) in [5.41, 5.74) is 6.61. The van der Waals surface area contributed by atoms with E-state index in [4.69, 9.17) is 5.73 Å². The number of hydrogen-bond acceptors (Lipinski definition) is 4. The van der Waals surface area contributed by atoms with Gasteiger partial charge in [-0.1, -0.05) is 37.3 Å². The normalized spacial score (nSPS) is 13.1. The van der Waals surface area contributed by atoms with E-state index in [1.165, 1.54) is 10.6 Å². The summed E-state index contributed by atoms with van der Waals surface area (Å²) in [5.74, 6) is -0.261. The molecule has 0 radical (unpaired) electrons. The molecular formula is C14H23N3O3S. The molecule has 118 valence electrons. The van der Waals surface area contributed by atoms with Gasteiger partial charge in [0.25, 0.3) is 0 Å². The van der Waals surface area contributed by atoms with Gasteiger partial charge in [0.05, 0.1) is 6.26 Å². The minimum Gasteiger partial charge on any atom is -0.354 e. The van der Waals surface area contributed by atoms with E-state index in [0.29, 0.717) is 26.1 Å². The number of hydrogen-bond donors (Lipinski definition) is 2. The molecule has 0 aliphatic rings. The van der Waals surface area contributed by atoms with Crippen molar-refractivity contribution >= 4 is 15.9 Å². The quantitative estimate of drug-likeness (QED) is 0.683. The Kier molecular flexibility index (Phi) is 6.80. The van der Waals surface area contributed by atoms with Crippen LogP contribution in [0, 0.1) is 0 Å². The summed E-state index contributed by atoms with van der Waals surface area (Å²) >= 11 is 0. The Labute approximate surface area is 126 Å². The molecule has 6 nitrogen and oxygen atoms in total. The van der Waals surface area contributed by atoms with Crippen molar-refractivity contribution in [2.45, 2.75) is 19.4 Å². The number of sulfonamides is 1. The molecule has 21 heavy (non-hydrogen) atoms. The highest BCUT2D eigenvalue weighted by molar-refractivity contribution is 7.88. The molecule has 1 unspecified atom stereocenters. The number of benzene rings is 1. The van der Waals surface area contributed by atoms with Gasteiger partial charge in [-0.3, -0.25) is 4.79 Å². The first kappa shape index (κ1) is 17.6. The van der Waals surface area contributed by atoms with Gasteiger partial charge in [0.1, 0.15) is 6.04 Å². The fraction of sp³-hybridized carbons (Fsp3) is 0.500. The van der Waals surface area contributed by atoms with Gasteiger partial charge in [-0.05, 0) is 12.0 Å². The monoisotopic (exact) mass is 313 g/mol. The minimum atomic E-state index is -3.18. The Morgan fingerprint density at radius 3 is 2.48 bits per heavy atom. The largest absolute Gasteiger partial charge is 0.354 e. The summed E-state index contributed by atoms with van der Waals surface area (Å²) < 4.78 is 24.2. The molecule has 0 aliphatic carbocycles. The zero-order chi connectivity index (χ0) is 15.9. The number of amides is 1. The van der Waals surface area contributed by atoms with Crippen LogP contribution < -0.4 is 11.1 Å². The lowest BCUT2D eigenvalue weighted by atomic mass is 10.1. The van der Waals surface area contributed by atoms with E-state index in [1.807, 2.05) is 18.2 Å². The first-order valence-corrected chi connectivity index (χ1v) is 8.74. The SMILES string of the molecule is CCN(CCCNC(=O)C(N)c1ccccc1)S(C)(=O)=O. The van der Waals surface area contributed by atoms with E-state index in [0.717, 1.165) is 5.56 Å². The van der Waals surface area contributed by atoms with Crippen molar-refractivity contribution in [1.82, 2.24) is 9.62 Å². The van der Waals surface area contributed by atoms with Crippen LogP contribution in [0.3, 0.4) is 0 Å². The van der Waals surface area contributed by atoms with Gasteiger partial charge in [-0.2, -0.15) is 0 Å². The Morgan fingerprint density at radius 2 is 1.95 bits per heavy atom. The van der Waals surface area contributed by atoms with Crippen molar-refractivity contribution in [2.24, 2.45) is 5.73 Å². The molecule has 0 heterocycles. The lowest BCUT2D eigenvalue weighted by Gasteiger charge is -2.18. The van der Waals surface area contributed by atoms with Gasteiger partial charge in [-0.25, -0.2) is 12.7 Å². The fourth-order valence-corrected chi connectivity index (χ4v) is 2.88. The maximum atomic E-state index is 11.9. The fourth-order valence-electron chi connectivity index (χ4n) is 1.95. The van der Waals surface area contributed by atoms with Gasteiger partial charge < -0.3 is 11.1 Å². The van der Waals surface area contributed by atoms with E-state index < -0.39 is 16.1 Å². The van der Waals surface area contributed by atoms with E-state index in [-0.39, 0.29) is 5.91 Å². The molecule has 1 rings (SSSR count). The third kappa shape index (κ3) is 5.82. The molecule has 0 fully saturated rings. The average molecular weight is 313 g/mol. The van der Waals surface area contributed by atoms with Crippen LogP contribution in [0.5, 0.6) is 0 Å². The Morgan fingerprint density at radius 1 is 1.33 bits per heavy atom. The lowest BCUT2D eigenvalue weighted by molar-refractivity contribution is -0.122. The number of nitrogens with zero attached hydrogens (tertiary/aromatic N) is 1. The van der Waals surface area contributed by atoms with E-state index in [2.05, 4.69) is 5.32 Å². The van der Waals surface area contributed by atoms with Crippen LogP contribution in [0.2, 0.25) is 0 Å². The molecule has 0 saturated heterocycles. The molecule has 1 aromatic rings. The highest BCUT2D eigenvalue weighted by atomic mass is 32.2.